The molecule has 0 radical (unpaired) electrons. The third-order valence-corrected chi connectivity index (χ3v) is 4.31. The molecule has 1 aromatic heterocycles. The van der Waals surface area contributed by atoms with Crippen molar-refractivity contribution >= 4 is 5.91 Å². The van der Waals surface area contributed by atoms with Crippen LogP contribution in [-0.4, -0.2) is 41.6 Å². The minimum atomic E-state index is 0.171. The topological polar surface area (TPSA) is 58.4 Å². The molecule has 0 spiro atoms. The number of amides is 1. The highest BCUT2D eigenvalue weighted by Gasteiger charge is 2.24. The van der Waals surface area contributed by atoms with Gasteiger partial charge in [-0.05, 0) is 59.5 Å². The van der Waals surface area contributed by atoms with E-state index in [-0.39, 0.29) is 11.9 Å². The number of hydrogen-bond donors (Lipinski definition) is 1. The van der Waals surface area contributed by atoms with Crippen molar-refractivity contribution in [3.05, 3.63) is 17.0 Å². The number of carbonyl (C=O) groups excluding carboxylic acids is 1. The lowest BCUT2D eigenvalue weighted by Crippen LogP contribution is -2.44. The van der Waals surface area contributed by atoms with Gasteiger partial charge in [0.2, 0.25) is 5.91 Å². The molecule has 2 heterocycles. The van der Waals surface area contributed by atoms with Gasteiger partial charge in [-0.25, -0.2) is 0 Å². The fourth-order valence-electron chi connectivity index (χ4n) is 2.97. The monoisotopic (exact) mass is 293 g/mol. The van der Waals surface area contributed by atoms with Crippen LogP contribution in [-0.2, 0) is 11.2 Å². The van der Waals surface area contributed by atoms with Gasteiger partial charge in [0.05, 0.1) is 12.1 Å². The summed E-state index contributed by atoms with van der Waals surface area (Å²) in [6.07, 6.45) is 2.79. The van der Waals surface area contributed by atoms with Crippen molar-refractivity contribution in [2.24, 2.45) is 5.92 Å². The molecule has 1 saturated heterocycles. The van der Waals surface area contributed by atoms with Crippen LogP contribution in [0.3, 0.4) is 0 Å². The van der Waals surface area contributed by atoms with E-state index in [0.717, 1.165) is 36.7 Å². The Hall–Kier alpha value is -1.36. The molecular formula is C16H27N3O2. The predicted molar refractivity (Wildman–Crippen MR) is 82.1 cm³/mol. The summed E-state index contributed by atoms with van der Waals surface area (Å²) < 4.78 is 5.16. The Kier molecular flexibility index (Phi) is 5.39. The molecule has 1 N–H and O–H groups in total. The molecular weight excluding hydrogens is 266 g/mol. The van der Waals surface area contributed by atoms with Gasteiger partial charge in [-0.15, -0.1) is 0 Å². The van der Waals surface area contributed by atoms with Gasteiger partial charge in [0.25, 0.3) is 0 Å². The van der Waals surface area contributed by atoms with Crippen molar-refractivity contribution in [2.45, 2.75) is 53.0 Å². The van der Waals surface area contributed by atoms with E-state index in [1.54, 1.807) is 0 Å². The number of rotatable bonds is 5. The van der Waals surface area contributed by atoms with Crippen molar-refractivity contribution in [2.75, 3.05) is 19.6 Å². The smallest absolute Gasteiger partial charge is 0.227 e. The van der Waals surface area contributed by atoms with Gasteiger partial charge >= 0.3 is 0 Å². The van der Waals surface area contributed by atoms with E-state index in [1.807, 2.05) is 18.7 Å². The maximum atomic E-state index is 12.7. The van der Waals surface area contributed by atoms with Crippen LogP contribution in [0.1, 0.15) is 43.7 Å². The molecule has 0 saturated carbocycles. The Labute approximate surface area is 127 Å². The van der Waals surface area contributed by atoms with Gasteiger partial charge in [0, 0.05) is 18.2 Å². The minimum absolute atomic E-state index is 0.171. The molecule has 2 rings (SSSR count). The van der Waals surface area contributed by atoms with Crippen molar-refractivity contribution < 1.29 is 9.32 Å². The third-order valence-electron chi connectivity index (χ3n) is 4.31. The SMILES string of the molecule is Cc1noc(C)c1CC(=O)N(CC1CCCNC1)C(C)C. The predicted octanol–water partition coefficient (Wildman–Crippen LogP) is 2.07. The van der Waals surface area contributed by atoms with Crippen LogP contribution in [0.4, 0.5) is 0 Å². The second-order valence-electron chi connectivity index (χ2n) is 6.33. The standard InChI is InChI=1S/C16H27N3O2/c1-11(2)19(10-14-6-5-7-17-9-14)16(20)8-15-12(3)18-21-13(15)4/h11,14,17H,5-10H2,1-4H3. The normalized spacial score (nSPS) is 19.0. The Morgan fingerprint density at radius 1 is 1.48 bits per heavy atom. The molecule has 118 valence electrons. The van der Waals surface area contributed by atoms with E-state index >= 15 is 0 Å². The first-order chi connectivity index (χ1) is 9.99. The minimum Gasteiger partial charge on any atom is -0.361 e. The van der Waals surface area contributed by atoms with Crippen molar-refractivity contribution in [1.82, 2.24) is 15.4 Å². The molecule has 21 heavy (non-hydrogen) atoms. The molecule has 5 heteroatoms. The van der Waals surface area contributed by atoms with Gasteiger partial charge in [-0.2, -0.15) is 0 Å². The van der Waals surface area contributed by atoms with Gasteiger partial charge in [0.15, 0.2) is 0 Å². The number of hydrogen-bond acceptors (Lipinski definition) is 4. The van der Waals surface area contributed by atoms with Gasteiger partial charge in [0.1, 0.15) is 5.76 Å². The lowest BCUT2D eigenvalue weighted by Gasteiger charge is -2.33. The lowest BCUT2D eigenvalue weighted by atomic mass is 9.98. The van der Waals surface area contributed by atoms with Crippen molar-refractivity contribution in [1.29, 1.82) is 0 Å². The average Bonchev–Trinajstić information content (AvgIpc) is 2.77. The zero-order valence-corrected chi connectivity index (χ0v) is 13.6. The molecule has 1 aliphatic rings. The maximum Gasteiger partial charge on any atom is 0.227 e. The molecule has 1 amide bonds. The van der Waals surface area contributed by atoms with Crippen molar-refractivity contribution in [3.63, 3.8) is 0 Å². The Morgan fingerprint density at radius 3 is 2.76 bits per heavy atom. The summed E-state index contributed by atoms with van der Waals surface area (Å²) in [4.78, 5) is 14.7. The largest absolute Gasteiger partial charge is 0.361 e. The molecule has 0 aromatic carbocycles. The first kappa shape index (κ1) is 16.0. The number of aryl methyl sites for hydroxylation is 2. The van der Waals surface area contributed by atoms with E-state index < -0.39 is 0 Å². The van der Waals surface area contributed by atoms with E-state index in [4.69, 9.17) is 4.52 Å². The molecule has 1 aromatic rings. The molecule has 0 bridgehead atoms. The summed E-state index contributed by atoms with van der Waals surface area (Å²) in [6, 6.07) is 0.222. The van der Waals surface area contributed by atoms with Crippen LogP contribution < -0.4 is 5.32 Å². The zero-order chi connectivity index (χ0) is 15.4. The van der Waals surface area contributed by atoms with Crippen LogP contribution >= 0.6 is 0 Å². The van der Waals surface area contributed by atoms with Crippen LogP contribution in [0.2, 0.25) is 0 Å². The van der Waals surface area contributed by atoms with E-state index in [2.05, 4.69) is 24.3 Å². The first-order valence-corrected chi connectivity index (χ1v) is 7.91. The second-order valence-corrected chi connectivity index (χ2v) is 6.33. The summed E-state index contributed by atoms with van der Waals surface area (Å²) in [5, 5.41) is 7.35. The number of nitrogens with one attached hydrogen (secondary N) is 1. The van der Waals surface area contributed by atoms with Crippen LogP contribution in [0.5, 0.6) is 0 Å². The number of aromatic nitrogens is 1. The number of carbonyl (C=O) groups is 1. The third kappa shape index (κ3) is 4.06. The summed E-state index contributed by atoms with van der Waals surface area (Å²) in [7, 11) is 0. The fourth-order valence-corrected chi connectivity index (χ4v) is 2.97. The molecule has 1 unspecified atom stereocenters. The van der Waals surface area contributed by atoms with E-state index in [9.17, 15) is 4.79 Å². The number of nitrogens with zero attached hydrogens (tertiary/aromatic N) is 2. The molecule has 1 aliphatic heterocycles. The lowest BCUT2D eigenvalue weighted by molar-refractivity contribution is -0.133. The summed E-state index contributed by atoms with van der Waals surface area (Å²) in [5.41, 5.74) is 1.76. The van der Waals surface area contributed by atoms with E-state index in [0.29, 0.717) is 12.3 Å². The first-order valence-electron chi connectivity index (χ1n) is 7.91. The highest BCUT2D eigenvalue weighted by atomic mass is 16.5. The molecule has 1 atom stereocenters. The Bertz CT molecular complexity index is 456. The summed E-state index contributed by atoms with van der Waals surface area (Å²) >= 11 is 0. The fraction of sp³-hybridized carbons (Fsp3) is 0.750. The molecule has 0 aliphatic carbocycles. The van der Waals surface area contributed by atoms with Gasteiger partial charge < -0.3 is 14.7 Å². The average molecular weight is 293 g/mol. The van der Waals surface area contributed by atoms with Crippen LogP contribution in [0.25, 0.3) is 0 Å². The number of piperidine rings is 1. The second kappa shape index (κ2) is 7.07. The molecule has 5 nitrogen and oxygen atoms in total. The highest BCUT2D eigenvalue weighted by molar-refractivity contribution is 5.79. The highest BCUT2D eigenvalue weighted by Crippen LogP contribution is 2.18. The zero-order valence-electron chi connectivity index (χ0n) is 13.6. The van der Waals surface area contributed by atoms with E-state index in [1.165, 1.54) is 12.8 Å². The van der Waals surface area contributed by atoms with Crippen molar-refractivity contribution in [3.8, 4) is 0 Å². The Morgan fingerprint density at radius 2 is 2.24 bits per heavy atom. The summed E-state index contributed by atoms with van der Waals surface area (Å²) in [6.45, 7) is 10.9. The Balaban J connectivity index is 2.01. The van der Waals surface area contributed by atoms with Crippen LogP contribution in [0.15, 0.2) is 4.52 Å². The van der Waals surface area contributed by atoms with Gasteiger partial charge in [-0.3, -0.25) is 4.79 Å². The van der Waals surface area contributed by atoms with Gasteiger partial charge in [-0.1, -0.05) is 5.16 Å². The van der Waals surface area contributed by atoms with Crippen LogP contribution in [0, 0.1) is 19.8 Å². The molecule has 1 fully saturated rings. The summed E-state index contributed by atoms with van der Waals surface area (Å²) in [5.74, 6) is 1.49. The maximum absolute atomic E-state index is 12.7. The quantitative estimate of drug-likeness (QED) is 0.903.